The topological polar surface area (TPSA) is 37.9 Å². The van der Waals surface area contributed by atoms with E-state index in [2.05, 4.69) is 25.9 Å². The van der Waals surface area contributed by atoms with Gasteiger partial charge in [0.25, 0.3) is 0 Å². The van der Waals surface area contributed by atoms with E-state index in [1.165, 1.54) is 0 Å². The number of H-pyrrole nitrogens is 1. The molecule has 0 aliphatic heterocycles. The quantitative estimate of drug-likeness (QED) is 0.872. The monoisotopic (exact) mass is 324 g/mol. The molecule has 1 aromatic carbocycles. The largest absolute Gasteiger partial charge is 0.497 e. The summed E-state index contributed by atoms with van der Waals surface area (Å²) in [5, 5.41) is 0. The van der Waals surface area contributed by atoms with Gasteiger partial charge >= 0.3 is 0 Å². The maximum absolute atomic E-state index is 5.19. The highest BCUT2D eigenvalue weighted by atomic mass is 79.9. The van der Waals surface area contributed by atoms with E-state index in [9.17, 15) is 0 Å². The first-order valence-corrected chi connectivity index (χ1v) is 6.68. The van der Waals surface area contributed by atoms with Crippen molar-refractivity contribution < 1.29 is 4.74 Å². The van der Waals surface area contributed by atoms with Gasteiger partial charge in [0.1, 0.15) is 16.2 Å². The summed E-state index contributed by atoms with van der Waals surface area (Å²) in [6.07, 6.45) is 0.724. The molecule has 0 aliphatic carbocycles. The average molecular weight is 325 g/mol. The van der Waals surface area contributed by atoms with E-state index in [-0.39, 0.29) is 0 Å². The summed E-state index contributed by atoms with van der Waals surface area (Å²) in [4.78, 5) is 7.59. The summed E-state index contributed by atoms with van der Waals surface area (Å²) < 4.78 is 6.58. The lowest BCUT2D eigenvalue weighted by atomic mass is 10.1. The van der Waals surface area contributed by atoms with Crippen molar-refractivity contribution in [2.24, 2.45) is 0 Å². The zero-order valence-corrected chi connectivity index (χ0v) is 12.6. The molecule has 3 nitrogen and oxygen atoms in total. The highest BCUT2D eigenvalue weighted by Gasteiger charge is 2.04. The zero-order valence-electron chi connectivity index (χ0n) is 10.2. The number of nitrogens with one attached hydrogen (secondary N) is 1. The number of hydrogen-bond acceptors (Lipinski definition) is 3. The maximum Gasteiger partial charge on any atom is 0.144 e. The number of aromatic nitrogens is 2. The summed E-state index contributed by atoms with van der Waals surface area (Å²) in [5.41, 5.74) is 2.16. The Labute approximate surface area is 119 Å². The summed E-state index contributed by atoms with van der Waals surface area (Å²) in [6.45, 7) is 1.97. The summed E-state index contributed by atoms with van der Waals surface area (Å²) in [5.74, 6) is 1.72. The van der Waals surface area contributed by atoms with E-state index >= 15 is 0 Å². The summed E-state index contributed by atoms with van der Waals surface area (Å²) >= 11 is 8.59. The van der Waals surface area contributed by atoms with Gasteiger partial charge in [-0.2, -0.15) is 0 Å². The van der Waals surface area contributed by atoms with Gasteiger partial charge in [0.2, 0.25) is 0 Å². The predicted molar refractivity (Wildman–Crippen MR) is 77.7 cm³/mol. The molecular weight excluding hydrogens is 312 g/mol. The van der Waals surface area contributed by atoms with Gasteiger partial charge in [-0.15, -0.1) is 0 Å². The van der Waals surface area contributed by atoms with E-state index < -0.39 is 0 Å². The molecule has 1 N–H and O–H groups in total. The molecule has 94 valence electrons. The van der Waals surface area contributed by atoms with Gasteiger partial charge in [0, 0.05) is 12.1 Å². The third-order valence-corrected chi connectivity index (χ3v) is 4.14. The fraction of sp³-hybridized carbons (Fsp3) is 0.231. The van der Waals surface area contributed by atoms with Crippen LogP contribution in [0.5, 0.6) is 5.75 Å². The van der Waals surface area contributed by atoms with Crippen LogP contribution in [0.25, 0.3) is 0 Å². The number of ether oxygens (including phenoxy) is 1. The van der Waals surface area contributed by atoms with Crippen LogP contribution in [0.2, 0.25) is 0 Å². The fourth-order valence-electron chi connectivity index (χ4n) is 1.65. The molecule has 0 spiro atoms. The first-order valence-electron chi connectivity index (χ1n) is 5.48. The minimum absolute atomic E-state index is 0.592. The molecule has 2 aromatic rings. The molecule has 18 heavy (non-hydrogen) atoms. The minimum atomic E-state index is 0.592. The van der Waals surface area contributed by atoms with E-state index in [4.69, 9.17) is 17.0 Å². The van der Waals surface area contributed by atoms with E-state index in [1.807, 2.05) is 31.2 Å². The van der Waals surface area contributed by atoms with Gasteiger partial charge < -0.3 is 9.72 Å². The molecular formula is C13H13BrN2OS. The SMILES string of the molecule is COc1ccc(Cc2nc(=S)c(Br)c(C)[nH]2)cc1. The molecule has 2 rings (SSSR count). The third kappa shape index (κ3) is 2.97. The van der Waals surface area contributed by atoms with E-state index in [1.54, 1.807) is 7.11 Å². The van der Waals surface area contributed by atoms with Crippen molar-refractivity contribution in [1.29, 1.82) is 0 Å². The van der Waals surface area contributed by atoms with Crippen LogP contribution in [0.3, 0.4) is 0 Å². The number of halogens is 1. The number of nitrogens with zero attached hydrogens (tertiary/aromatic N) is 1. The van der Waals surface area contributed by atoms with Crippen molar-refractivity contribution in [2.45, 2.75) is 13.3 Å². The highest BCUT2D eigenvalue weighted by molar-refractivity contribution is 9.10. The zero-order chi connectivity index (χ0) is 13.1. The number of rotatable bonds is 3. The molecule has 0 fully saturated rings. The molecule has 1 aromatic heterocycles. The first kappa shape index (κ1) is 13.2. The Bertz CT molecular complexity index is 607. The number of aromatic amines is 1. The van der Waals surface area contributed by atoms with Crippen molar-refractivity contribution in [1.82, 2.24) is 9.97 Å². The van der Waals surface area contributed by atoms with Crippen molar-refractivity contribution in [3.05, 3.63) is 50.5 Å². The molecule has 0 bridgehead atoms. The average Bonchev–Trinajstić information content (AvgIpc) is 2.37. The molecule has 0 amide bonds. The van der Waals surface area contributed by atoms with Gasteiger partial charge in [-0.3, -0.25) is 0 Å². The predicted octanol–water partition coefficient (Wildman–Crippen LogP) is 3.81. The fourth-order valence-corrected chi connectivity index (χ4v) is 2.10. The Balaban J connectivity index is 2.25. The van der Waals surface area contributed by atoms with Gasteiger partial charge in [-0.1, -0.05) is 24.4 Å². The lowest BCUT2D eigenvalue weighted by Gasteiger charge is -2.06. The van der Waals surface area contributed by atoms with Gasteiger partial charge in [-0.05, 0) is 40.5 Å². The third-order valence-electron chi connectivity index (χ3n) is 2.62. The molecule has 5 heteroatoms. The van der Waals surface area contributed by atoms with Crippen LogP contribution in [0, 0.1) is 11.6 Å². The van der Waals surface area contributed by atoms with Crippen LogP contribution in [0.1, 0.15) is 17.1 Å². The highest BCUT2D eigenvalue weighted by Crippen LogP contribution is 2.17. The molecule has 0 unspecified atom stereocenters. The van der Waals surface area contributed by atoms with Crippen LogP contribution in [0.4, 0.5) is 0 Å². The summed E-state index contributed by atoms with van der Waals surface area (Å²) in [7, 11) is 1.66. The van der Waals surface area contributed by atoms with Crippen LogP contribution < -0.4 is 4.74 Å². The molecule has 0 saturated heterocycles. The van der Waals surface area contributed by atoms with Crippen molar-refractivity contribution in [2.75, 3.05) is 7.11 Å². The lowest BCUT2D eigenvalue weighted by Crippen LogP contribution is -2.00. The summed E-state index contributed by atoms with van der Waals surface area (Å²) in [6, 6.07) is 7.93. The molecule has 0 aliphatic rings. The van der Waals surface area contributed by atoms with Crippen molar-refractivity contribution in [3.63, 3.8) is 0 Å². The van der Waals surface area contributed by atoms with Crippen LogP contribution in [-0.4, -0.2) is 17.1 Å². The molecule has 1 heterocycles. The van der Waals surface area contributed by atoms with Gasteiger partial charge in [0.15, 0.2) is 0 Å². The van der Waals surface area contributed by atoms with Crippen LogP contribution >= 0.6 is 28.1 Å². The Hall–Kier alpha value is -1.20. The van der Waals surface area contributed by atoms with Gasteiger partial charge in [-0.25, -0.2) is 4.98 Å². The molecule has 0 radical (unpaired) electrons. The second-order valence-corrected chi connectivity index (χ2v) is 5.13. The Morgan fingerprint density at radius 3 is 2.56 bits per heavy atom. The number of benzene rings is 1. The standard InChI is InChI=1S/C13H13BrN2OS/c1-8-12(14)13(18)16-11(15-8)7-9-3-5-10(17-2)6-4-9/h3-6H,7H2,1-2H3,(H,15,16,18). The van der Waals surface area contributed by atoms with Crippen molar-refractivity contribution in [3.8, 4) is 5.75 Å². The first-order chi connectivity index (χ1) is 8.60. The Kier molecular flexibility index (Phi) is 4.14. The van der Waals surface area contributed by atoms with Crippen LogP contribution in [-0.2, 0) is 6.42 Å². The number of methoxy groups -OCH3 is 1. The van der Waals surface area contributed by atoms with Crippen molar-refractivity contribution >= 4 is 28.1 Å². The second kappa shape index (κ2) is 5.63. The second-order valence-electron chi connectivity index (χ2n) is 3.95. The smallest absolute Gasteiger partial charge is 0.144 e. The Morgan fingerprint density at radius 2 is 2.00 bits per heavy atom. The molecule has 0 saturated carbocycles. The van der Waals surface area contributed by atoms with Gasteiger partial charge in [0.05, 0.1) is 11.6 Å². The van der Waals surface area contributed by atoms with Crippen LogP contribution in [0.15, 0.2) is 28.7 Å². The minimum Gasteiger partial charge on any atom is -0.497 e. The Morgan fingerprint density at radius 1 is 1.33 bits per heavy atom. The molecule has 0 atom stereocenters. The lowest BCUT2D eigenvalue weighted by molar-refractivity contribution is 0.414. The normalized spacial score (nSPS) is 10.4. The maximum atomic E-state index is 5.19. The van der Waals surface area contributed by atoms with E-state index in [0.717, 1.165) is 33.7 Å². The van der Waals surface area contributed by atoms with E-state index in [0.29, 0.717) is 4.64 Å². The number of aryl methyl sites for hydroxylation is 1. The number of hydrogen-bond donors (Lipinski definition) is 1.